The predicted octanol–water partition coefficient (Wildman–Crippen LogP) is 23.9. The molecule has 1 unspecified atom stereocenters. The number of fused-ring (bicyclic) bond motifs is 4. The molecule has 69 heavy (non-hydrogen) atoms. The van der Waals surface area contributed by atoms with E-state index in [1.54, 1.807) is 0 Å². The van der Waals surface area contributed by atoms with Gasteiger partial charge in [-0.1, -0.05) is 306 Å². The molecule has 0 saturated carbocycles. The summed E-state index contributed by atoms with van der Waals surface area (Å²) in [6, 6.07) is 10.7. The summed E-state index contributed by atoms with van der Waals surface area (Å²) in [5, 5.41) is 1.21. The van der Waals surface area contributed by atoms with Crippen molar-refractivity contribution in [3.8, 4) is 0 Å². The highest BCUT2D eigenvalue weighted by molar-refractivity contribution is 5.85. The minimum absolute atomic E-state index is 0.458. The molecule has 0 bridgehead atoms. The Labute approximate surface area is 434 Å². The number of hydrogen-bond donors (Lipinski definition) is 0. The molecule has 0 radical (unpaired) electrons. The van der Waals surface area contributed by atoms with E-state index in [0.717, 1.165) is 42.9 Å². The van der Waals surface area contributed by atoms with Crippen LogP contribution in [-0.4, -0.2) is 9.88 Å². The molecule has 0 amide bonds. The monoisotopic (exact) mass is 953 g/mol. The van der Waals surface area contributed by atoms with Gasteiger partial charge in [-0.05, 0) is 67.4 Å². The van der Waals surface area contributed by atoms with Crippen LogP contribution in [0.2, 0.25) is 0 Å². The van der Waals surface area contributed by atoms with E-state index in [2.05, 4.69) is 123 Å². The number of pyridine rings is 1. The largest absolute Gasteiger partial charge is 0.335 e. The maximum absolute atomic E-state index is 4.99. The second-order valence-electron chi connectivity index (χ2n) is 20.0. The fourth-order valence-corrected chi connectivity index (χ4v) is 9.42. The van der Waals surface area contributed by atoms with Crippen LogP contribution < -0.4 is 0 Å². The van der Waals surface area contributed by atoms with Crippen LogP contribution >= 0.6 is 0 Å². The number of nitrogens with zero attached hydrogens (tertiary/aromatic N) is 2. The van der Waals surface area contributed by atoms with Crippen molar-refractivity contribution < 1.29 is 0 Å². The first-order valence-electron chi connectivity index (χ1n) is 30.3. The summed E-state index contributed by atoms with van der Waals surface area (Å²) < 4.78 is 0. The Morgan fingerprint density at radius 1 is 0.609 bits per heavy atom. The highest BCUT2D eigenvalue weighted by Crippen LogP contribution is 2.48. The lowest BCUT2D eigenvalue weighted by Crippen LogP contribution is -2.25. The summed E-state index contributed by atoms with van der Waals surface area (Å²) in [5.41, 5.74) is 10.1. The zero-order valence-electron chi connectivity index (χ0n) is 49.0. The Morgan fingerprint density at radius 3 is 1.43 bits per heavy atom. The minimum Gasteiger partial charge on any atom is -0.335 e. The summed E-state index contributed by atoms with van der Waals surface area (Å²) in [6.45, 7) is 41.5. The molecule has 1 atom stereocenters. The quantitative estimate of drug-likeness (QED) is 0.0624. The van der Waals surface area contributed by atoms with Crippen LogP contribution in [0, 0.1) is 11.8 Å². The van der Waals surface area contributed by atoms with E-state index in [4.69, 9.17) is 4.98 Å². The number of benzene rings is 1. The first-order valence-corrected chi connectivity index (χ1v) is 30.3. The van der Waals surface area contributed by atoms with Gasteiger partial charge in [0.1, 0.15) is 0 Å². The van der Waals surface area contributed by atoms with Crippen LogP contribution in [0.3, 0.4) is 0 Å². The van der Waals surface area contributed by atoms with Gasteiger partial charge in [-0.2, -0.15) is 0 Å². The molecule has 1 aromatic carbocycles. The molecule has 2 aromatic rings. The lowest BCUT2D eigenvalue weighted by atomic mass is 9.75. The van der Waals surface area contributed by atoms with Gasteiger partial charge in [0, 0.05) is 22.6 Å². The van der Waals surface area contributed by atoms with Crippen molar-refractivity contribution in [2.75, 3.05) is 0 Å². The summed E-state index contributed by atoms with van der Waals surface area (Å²) in [4.78, 5) is 7.34. The third-order valence-corrected chi connectivity index (χ3v) is 13.3. The van der Waals surface area contributed by atoms with Crippen LogP contribution in [0.5, 0.6) is 0 Å². The summed E-state index contributed by atoms with van der Waals surface area (Å²) in [6.07, 6.45) is 49.0. The van der Waals surface area contributed by atoms with Gasteiger partial charge in [-0.15, -0.1) is 6.58 Å². The second kappa shape index (κ2) is 48.7. The van der Waals surface area contributed by atoms with Crippen LogP contribution in [0.25, 0.3) is 16.6 Å². The average molecular weight is 954 g/mol. The van der Waals surface area contributed by atoms with Crippen molar-refractivity contribution in [2.45, 2.75) is 302 Å². The summed E-state index contributed by atoms with van der Waals surface area (Å²) >= 11 is 0. The zero-order chi connectivity index (χ0) is 51.9. The Bertz CT molecular complexity index is 1550. The topological polar surface area (TPSA) is 16.1 Å². The molecule has 3 aliphatic rings. The van der Waals surface area contributed by atoms with Gasteiger partial charge in [-0.25, -0.2) is 4.98 Å². The first-order chi connectivity index (χ1) is 33.7. The van der Waals surface area contributed by atoms with E-state index in [1.807, 2.05) is 33.8 Å². The molecule has 0 spiro atoms. The highest BCUT2D eigenvalue weighted by atomic mass is 15.2. The molecule has 5 rings (SSSR count). The number of rotatable bonds is 28. The van der Waals surface area contributed by atoms with Gasteiger partial charge in [0.25, 0.3) is 0 Å². The Morgan fingerprint density at radius 2 is 1.04 bits per heavy atom. The lowest BCUT2D eigenvalue weighted by Gasteiger charge is -2.37. The molecule has 2 aliphatic heterocycles. The normalized spacial score (nSPS) is 14.1. The van der Waals surface area contributed by atoms with E-state index in [0.29, 0.717) is 5.92 Å². The van der Waals surface area contributed by atoms with Crippen molar-refractivity contribution in [3.05, 3.63) is 95.9 Å². The number of hydrogen-bond acceptors (Lipinski definition) is 2. The van der Waals surface area contributed by atoms with Crippen LogP contribution in [0.4, 0.5) is 0 Å². The SMILES string of the molecule is C=C1CCC2=C(C=C3c4nc5ccccc5cc4CN3C2=C)C1CC.C=CCCCCCCCCC.CC.CC.CCC.CCCC(C)C.CCCCCCCCCCCCCCCCCCCC. The summed E-state index contributed by atoms with van der Waals surface area (Å²) in [5.74, 6) is 1.36. The molecule has 1 aromatic heterocycles. The van der Waals surface area contributed by atoms with E-state index in [1.165, 1.54) is 225 Å². The number of aromatic nitrogens is 1. The molecule has 398 valence electrons. The molecular formula is C67H120N2. The fourth-order valence-electron chi connectivity index (χ4n) is 9.42. The lowest BCUT2D eigenvalue weighted by molar-refractivity contribution is 0.490. The van der Waals surface area contributed by atoms with Gasteiger partial charge in [-0.3, -0.25) is 0 Å². The van der Waals surface area contributed by atoms with E-state index in [-0.39, 0.29) is 0 Å². The molecule has 2 nitrogen and oxygen atoms in total. The maximum atomic E-state index is 4.99. The fraction of sp³-hybridized carbons (Fsp3) is 0.716. The summed E-state index contributed by atoms with van der Waals surface area (Å²) in [7, 11) is 0. The average Bonchev–Trinajstić information content (AvgIpc) is 3.72. The van der Waals surface area contributed by atoms with Crippen molar-refractivity contribution in [2.24, 2.45) is 11.8 Å². The molecule has 0 N–H and O–H groups in total. The van der Waals surface area contributed by atoms with Gasteiger partial charge >= 0.3 is 0 Å². The van der Waals surface area contributed by atoms with Crippen molar-refractivity contribution >= 4 is 16.6 Å². The van der Waals surface area contributed by atoms with Crippen molar-refractivity contribution in [1.82, 2.24) is 9.88 Å². The zero-order valence-corrected chi connectivity index (χ0v) is 49.0. The van der Waals surface area contributed by atoms with Crippen molar-refractivity contribution in [1.29, 1.82) is 0 Å². The van der Waals surface area contributed by atoms with E-state index in [9.17, 15) is 0 Å². The minimum atomic E-state index is 0.458. The third-order valence-electron chi connectivity index (χ3n) is 13.3. The molecular weight excluding hydrogens is 833 g/mol. The highest BCUT2D eigenvalue weighted by Gasteiger charge is 2.36. The smallest absolute Gasteiger partial charge is 0.0924 e. The van der Waals surface area contributed by atoms with E-state index >= 15 is 0 Å². The second-order valence-corrected chi connectivity index (χ2v) is 20.0. The Kier molecular flexibility index (Phi) is 48.2. The number of para-hydroxylation sites is 1. The number of allylic oxidation sites excluding steroid dienone is 5. The van der Waals surface area contributed by atoms with Crippen molar-refractivity contribution in [3.63, 3.8) is 0 Å². The molecule has 2 heteroatoms. The molecule has 0 saturated heterocycles. The van der Waals surface area contributed by atoms with Crippen LogP contribution in [0.1, 0.15) is 307 Å². The standard InChI is InChI=1S/C23H22N2.C20H42.C11H22.C6H14.C3H8.2C2H6/c1-4-18-14(2)9-10-19-15(3)25-13-17-11-16-7-5-6-8-21(16)24-23(17)22(25)12-20(18)19;1-3-5-7-9-11-13-15-17-19-20-18-16-14-12-10-8-6-4-2;1-3-5-7-9-11-10-8-6-4-2;1-4-5-6(2)3;1-3-2;2*1-2/h5-8,11-12,18H,2-4,9-10,13H2,1H3;3-20H2,1-2H3;3H,1,4-11H2,2H3;6H,4-5H2,1-3H3;3H2,1-2H3;2*1-2H3. The predicted molar refractivity (Wildman–Crippen MR) is 319 cm³/mol. The van der Waals surface area contributed by atoms with Crippen LogP contribution in [-0.2, 0) is 6.54 Å². The van der Waals surface area contributed by atoms with Gasteiger partial charge < -0.3 is 4.90 Å². The Hall–Kier alpha value is -2.87. The maximum Gasteiger partial charge on any atom is 0.0924 e. The van der Waals surface area contributed by atoms with E-state index < -0.39 is 0 Å². The van der Waals surface area contributed by atoms with Crippen LogP contribution in [0.15, 0.2) is 84.6 Å². The molecule has 0 fully saturated rings. The van der Waals surface area contributed by atoms with Gasteiger partial charge in [0.05, 0.1) is 23.5 Å². The number of unbranched alkanes of at least 4 members (excludes halogenated alkanes) is 24. The van der Waals surface area contributed by atoms with Gasteiger partial charge in [0.2, 0.25) is 0 Å². The third kappa shape index (κ3) is 31.3. The Balaban J connectivity index is 0. The molecule has 3 heterocycles. The molecule has 1 aliphatic carbocycles. The first kappa shape index (κ1) is 68.2. The van der Waals surface area contributed by atoms with Gasteiger partial charge in [0.15, 0.2) is 0 Å².